The predicted molar refractivity (Wildman–Crippen MR) is 88.6 cm³/mol. The zero-order valence-electron chi connectivity index (χ0n) is 12.3. The lowest BCUT2D eigenvalue weighted by molar-refractivity contribution is -0.137. The molecule has 10 heteroatoms. The van der Waals surface area contributed by atoms with Crippen molar-refractivity contribution < 1.29 is 26.4 Å². The van der Waals surface area contributed by atoms with Crippen molar-refractivity contribution >= 4 is 44.6 Å². The molecule has 0 saturated heterocycles. The van der Waals surface area contributed by atoms with E-state index in [-0.39, 0.29) is 10.6 Å². The number of sulfone groups is 1. The quantitative estimate of drug-likeness (QED) is 0.809. The van der Waals surface area contributed by atoms with E-state index in [1.807, 2.05) is 0 Å². The van der Waals surface area contributed by atoms with Crippen LogP contribution in [0.25, 0.3) is 0 Å². The molecule has 25 heavy (non-hydrogen) atoms. The highest BCUT2D eigenvalue weighted by Gasteiger charge is 2.33. The van der Waals surface area contributed by atoms with E-state index in [1.54, 1.807) is 0 Å². The average Bonchev–Trinajstić information content (AvgIpc) is 2.48. The summed E-state index contributed by atoms with van der Waals surface area (Å²) in [6, 6.07) is 7.90. The number of rotatable bonds is 4. The molecule has 4 nitrogen and oxygen atoms in total. The van der Waals surface area contributed by atoms with Crippen LogP contribution in [-0.2, 0) is 20.8 Å². The van der Waals surface area contributed by atoms with Crippen LogP contribution in [0.4, 0.5) is 18.9 Å². The first kappa shape index (κ1) is 19.6. The monoisotopic (exact) mass is 411 g/mol. The Bertz CT molecular complexity index is 897. The van der Waals surface area contributed by atoms with Crippen LogP contribution in [0.1, 0.15) is 5.56 Å². The second kappa shape index (κ2) is 7.23. The van der Waals surface area contributed by atoms with Gasteiger partial charge in [0.15, 0.2) is 9.84 Å². The minimum atomic E-state index is -4.70. The van der Waals surface area contributed by atoms with Gasteiger partial charge in [-0.25, -0.2) is 8.42 Å². The average molecular weight is 412 g/mol. The minimum Gasteiger partial charge on any atom is -0.325 e. The highest BCUT2D eigenvalue weighted by molar-refractivity contribution is 7.92. The standard InChI is InChI=1S/C15H10Cl2F3NO3S/c16-9-1-4-11(5-2-9)25(23,24)8-14(22)21-10-3-6-13(17)12(7-10)15(18,19)20/h1-7H,8H2,(H,21,22). The van der Waals surface area contributed by atoms with Crippen LogP contribution in [0.5, 0.6) is 0 Å². The van der Waals surface area contributed by atoms with Gasteiger partial charge in [0, 0.05) is 10.7 Å². The van der Waals surface area contributed by atoms with Gasteiger partial charge < -0.3 is 5.32 Å². The Balaban J connectivity index is 2.16. The summed E-state index contributed by atoms with van der Waals surface area (Å²) < 4.78 is 62.6. The summed E-state index contributed by atoms with van der Waals surface area (Å²) in [5.74, 6) is -1.91. The van der Waals surface area contributed by atoms with Gasteiger partial charge in [-0.15, -0.1) is 0 Å². The van der Waals surface area contributed by atoms with Crippen molar-refractivity contribution in [3.05, 3.63) is 58.1 Å². The Morgan fingerprint density at radius 1 is 1.04 bits per heavy atom. The van der Waals surface area contributed by atoms with Gasteiger partial charge in [0.2, 0.25) is 5.91 Å². The van der Waals surface area contributed by atoms with Gasteiger partial charge in [0.1, 0.15) is 5.75 Å². The lowest BCUT2D eigenvalue weighted by atomic mass is 10.2. The van der Waals surface area contributed by atoms with Crippen LogP contribution < -0.4 is 5.32 Å². The zero-order chi connectivity index (χ0) is 18.8. The number of amides is 1. The molecule has 2 rings (SSSR count). The third-order valence-corrected chi connectivity index (χ3v) is 5.26. The van der Waals surface area contributed by atoms with Crippen molar-refractivity contribution in [2.45, 2.75) is 11.1 Å². The van der Waals surface area contributed by atoms with Crippen LogP contribution in [0.15, 0.2) is 47.4 Å². The van der Waals surface area contributed by atoms with Crippen LogP contribution >= 0.6 is 23.2 Å². The van der Waals surface area contributed by atoms with Crippen molar-refractivity contribution in [1.29, 1.82) is 0 Å². The second-order valence-electron chi connectivity index (χ2n) is 4.95. The summed E-state index contributed by atoms with van der Waals surface area (Å²) in [5, 5.41) is 1.91. The molecule has 0 aliphatic rings. The molecule has 1 N–H and O–H groups in total. The van der Waals surface area contributed by atoms with Gasteiger partial charge in [-0.2, -0.15) is 13.2 Å². The SMILES string of the molecule is O=C(CS(=O)(=O)c1ccc(Cl)cc1)Nc1ccc(Cl)c(C(F)(F)F)c1. The molecule has 0 spiro atoms. The normalized spacial score (nSPS) is 12.0. The Kier molecular flexibility index (Phi) is 5.65. The van der Waals surface area contributed by atoms with E-state index in [0.717, 1.165) is 12.1 Å². The maximum atomic E-state index is 12.8. The van der Waals surface area contributed by atoms with Crippen LogP contribution in [0.2, 0.25) is 10.0 Å². The highest BCUT2D eigenvalue weighted by Crippen LogP contribution is 2.36. The third kappa shape index (κ3) is 5.10. The Labute approximate surface area is 151 Å². The van der Waals surface area contributed by atoms with Crippen LogP contribution in [0, 0.1) is 0 Å². The molecule has 0 heterocycles. The molecular weight excluding hydrogens is 402 g/mol. The minimum absolute atomic E-state index is 0.126. The van der Waals surface area contributed by atoms with Crippen molar-refractivity contribution in [3.8, 4) is 0 Å². The molecule has 2 aromatic rings. The van der Waals surface area contributed by atoms with E-state index in [0.29, 0.717) is 11.1 Å². The first-order valence-corrected chi connectivity index (χ1v) is 9.05. The van der Waals surface area contributed by atoms with Crippen LogP contribution in [0.3, 0.4) is 0 Å². The number of carbonyl (C=O) groups is 1. The molecule has 0 aromatic heterocycles. The maximum Gasteiger partial charge on any atom is 0.417 e. The Hall–Kier alpha value is -1.77. The molecule has 0 radical (unpaired) electrons. The summed E-state index contributed by atoms with van der Waals surface area (Å²) in [7, 11) is -3.96. The lowest BCUT2D eigenvalue weighted by Crippen LogP contribution is -2.23. The fourth-order valence-corrected chi connectivity index (χ4v) is 3.40. The van der Waals surface area contributed by atoms with Gasteiger partial charge in [-0.05, 0) is 42.5 Å². The summed E-state index contributed by atoms with van der Waals surface area (Å²) in [4.78, 5) is 11.8. The molecule has 134 valence electrons. The fourth-order valence-electron chi connectivity index (χ4n) is 1.92. The topological polar surface area (TPSA) is 63.2 Å². The fraction of sp³-hybridized carbons (Fsp3) is 0.133. The van der Waals surface area contributed by atoms with E-state index in [9.17, 15) is 26.4 Å². The highest BCUT2D eigenvalue weighted by atomic mass is 35.5. The van der Waals surface area contributed by atoms with Gasteiger partial charge in [0.05, 0.1) is 15.5 Å². The van der Waals surface area contributed by atoms with Crippen molar-refractivity contribution in [2.75, 3.05) is 11.1 Å². The smallest absolute Gasteiger partial charge is 0.325 e. The third-order valence-electron chi connectivity index (χ3n) is 3.05. The van der Waals surface area contributed by atoms with Gasteiger partial charge in [-0.1, -0.05) is 23.2 Å². The number of carbonyl (C=O) groups excluding carboxylic acids is 1. The summed E-state index contributed by atoms with van der Waals surface area (Å²) in [6.45, 7) is 0. The van der Waals surface area contributed by atoms with Gasteiger partial charge >= 0.3 is 6.18 Å². The molecular formula is C15H10Cl2F3NO3S. The van der Waals surface area contributed by atoms with E-state index in [1.165, 1.54) is 24.3 Å². The zero-order valence-corrected chi connectivity index (χ0v) is 14.6. The first-order valence-electron chi connectivity index (χ1n) is 6.64. The molecule has 0 bridgehead atoms. The van der Waals surface area contributed by atoms with Crippen molar-refractivity contribution in [1.82, 2.24) is 0 Å². The summed E-state index contributed by atoms with van der Waals surface area (Å²) >= 11 is 11.1. The molecule has 0 atom stereocenters. The number of halogens is 5. The largest absolute Gasteiger partial charge is 0.417 e. The number of hydrogen-bond donors (Lipinski definition) is 1. The molecule has 2 aromatic carbocycles. The molecule has 0 fully saturated rings. The molecule has 0 aliphatic carbocycles. The van der Waals surface area contributed by atoms with Crippen LogP contribution in [-0.4, -0.2) is 20.1 Å². The Morgan fingerprint density at radius 2 is 1.64 bits per heavy atom. The molecule has 0 aliphatic heterocycles. The number of alkyl halides is 3. The second-order valence-corrected chi connectivity index (χ2v) is 7.79. The van der Waals surface area contributed by atoms with E-state index in [4.69, 9.17) is 23.2 Å². The first-order chi connectivity index (χ1) is 11.5. The van der Waals surface area contributed by atoms with Gasteiger partial charge in [-0.3, -0.25) is 4.79 Å². The summed E-state index contributed by atoms with van der Waals surface area (Å²) in [6.07, 6.45) is -4.70. The maximum absolute atomic E-state index is 12.8. The van der Waals surface area contributed by atoms with Crippen molar-refractivity contribution in [2.24, 2.45) is 0 Å². The molecule has 1 amide bonds. The van der Waals surface area contributed by atoms with Gasteiger partial charge in [0.25, 0.3) is 0 Å². The predicted octanol–water partition coefficient (Wildman–Crippen LogP) is 4.42. The lowest BCUT2D eigenvalue weighted by Gasteiger charge is -2.12. The number of anilines is 1. The van der Waals surface area contributed by atoms with Crippen molar-refractivity contribution in [3.63, 3.8) is 0 Å². The number of nitrogens with one attached hydrogen (secondary N) is 1. The molecule has 0 unspecified atom stereocenters. The number of benzene rings is 2. The van der Waals surface area contributed by atoms with E-state index < -0.39 is 38.3 Å². The summed E-state index contributed by atoms with van der Waals surface area (Å²) in [5.41, 5.74) is -1.35. The Morgan fingerprint density at radius 3 is 2.20 bits per heavy atom. The van der Waals surface area contributed by atoms with E-state index in [2.05, 4.69) is 5.32 Å². The molecule has 0 saturated carbocycles. The number of hydrogen-bond acceptors (Lipinski definition) is 3. The van der Waals surface area contributed by atoms with E-state index >= 15 is 0 Å².